The van der Waals surface area contributed by atoms with E-state index in [1.807, 2.05) is 25.1 Å². The first kappa shape index (κ1) is 25.0. The average Bonchev–Trinajstić information content (AvgIpc) is 2.82. The molecule has 0 atom stereocenters. The first-order valence-corrected chi connectivity index (χ1v) is 11.4. The summed E-state index contributed by atoms with van der Waals surface area (Å²) < 4.78 is 5.52. The van der Waals surface area contributed by atoms with Crippen molar-refractivity contribution in [1.29, 1.82) is 0 Å². The normalized spacial score (nSPS) is 14.6. The van der Waals surface area contributed by atoms with Crippen LogP contribution in [0.1, 0.15) is 11.1 Å². The minimum atomic E-state index is -0.879. The van der Waals surface area contributed by atoms with E-state index in [1.165, 1.54) is 30.3 Å². The summed E-state index contributed by atoms with van der Waals surface area (Å²) in [6.07, 6.45) is 1.31. The molecule has 1 aliphatic rings. The fraction of sp³-hybridized carbons (Fsp3) is 0.0769. The van der Waals surface area contributed by atoms with Gasteiger partial charge in [-0.2, -0.15) is 0 Å². The third kappa shape index (κ3) is 5.56. The first-order chi connectivity index (χ1) is 17.2. The molecule has 0 aromatic heterocycles. The first-order valence-electron chi connectivity index (χ1n) is 10.7. The zero-order valence-electron chi connectivity index (χ0n) is 18.9. The largest absolute Gasteiger partial charge is 0.482 e. The van der Waals surface area contributed by atoms with E-state index in [0.29, 0.717) is 16.3 Å². The lowest BCUT2D eigenvalue weighted by atomic mass is 10.1. The van der Waals surface area contributed by atoms with Crippen molar-refractivity contribution in [1.82, 2.24) is 5.32 Å². The summed E-state index contributed by atoms with van der Waals surface area (Å²) >= 11 is 12.3. The molecule has 0 bridgehead atoms. The minimum Gasteiger partial charge on any atom is -0.482 e. The second kappa shape index (κ2) is 10.6. The van der Waals surface area contributed by atoms with Gasteiger partial charge in [-0.05, 0) is 60.5 Å². The lowest BCUT2D eigenvalue weighted by Gasteiger charge is -2.26. The number of imide groups is 2. The number of carbonyl (C=O) groups is 4. The van der Waals surface area contributed by atoms with Gasteiger partial charge in [-0.15, -0.1) is 0 Å². The molecule has 0 spiro atoms. The lowest BCUT2D eigenvalue weighted by Crippen LogP contribution is -2.54. The Balaban J connectivity index is 1.48. The molecular formula is C26H19Cl2N3O5. The maximum absolute atomic E-state index is 13.0. The van der Waals surface area contributed by atoms with Gasteiger partial charge in [-0.3, -0.25) is 19.7 Å². The standard InChI is InChI=1S/C26H19Cl2N3O5/c1-15-5-2-3-8-21(15)29-23(32)14-36-22-10-9-16(12-20(22)28)11-19-24(33)30-26(35)31(25(19)34)18-7-4-6-17(27)13-18/h2-13H,14H2,1H3,(H,29,32)(H,30,33,35)/b19-11+. The van der Waals surface area contributed by atoms with E-state index in [-0.39, 0.29) is 34.5 Å². The highest BCUT2D eigenvalue weighted by molar-refractivity contribution is 6.39. The molecule has 1 heterocycles. The van der Waals surface area contributed by atoms with Crippen LogP contribution in [0.2, 0.25) is 10.0 Å². The van der Waals surface area contributed by atoms with Gasteiger partial charge in [0.15, 0.2) is 6.61 Å². The van der Waals surface area contributed by atoms with Crippen molar-refractivity contribution in [2.45, 2.75) is 6.92 Å². The van der Waals surface area contributed by atoms with Gasteiger partial charge < -0.3 is 10.1 Å². The second-order valence-corrected chi connectivity index (χ2v) is 8.62. The molecule has 0 aliphatic carbocycles. The summed E-state index contributed by atoms with van der Waals surface area (Å²) in [4.78, 5) is 50.8. The molecule has 3 aromatic carbocycles. The van der Waals surface area contributed by atoms with E-state index < -0.39 is 17.8 Å². The van der Waals surface area contributed by atoms with Crippen LogP contribution in [0.25, 0.3) is 6.08 Å². The highest BCUT2D eigenvalue weighted by Crippen LogP contribution is 2.28. The van der Waals surface area contributed by atoms with Crippen molar-refractivity contribution in [3.8, 4) is 5.75 Å². The molecule has 0 unspecified atom stereocenters. The maximum atomic E-state index is 13.0. The van der Waals surface area contributed by atoms with Crippen molar-refractivity contribution >= 4 is 64.4 Å². The molecule has 0 saturated carbocycles. The summed E-state index contributed by atoms with van der Waals surface area (Å²) in [6.45, 7) is 1.61. The van der Waals surface area contributed by atoms with Gasteiger partial charge in [-0.25, -0.2) is 9.69 Å². The molecule has 10 heteroatoms. The van der Waals surface area contributed by atoms with Crippen molar-refractivity contribution in [2.24, 2.45) is 0 Å². The summed E-state index contributed by atoms with van der Waals surface area (Å²) in [6, 6.07) is 17.2. The predicted octanol–water partition coefficient (Wildman–Crippen LogP) is 4.99. The number of para-hydroxylation sites is 1. The monoisotopic (exact) mass is 523 g/mol. The summed E-state index contributed by atoms with van der Waals surface area (Å²) in [7, 11) is 0. The number of rotatable bonds is 6. The number of nitrogens with one attached hydrogen (secondary N) is 2. The molecule has 1 aliphatic heterocycles. The topological polar surface area (TPSA) is 105 Å². The highest BCUT2D eigenvalue weighted by Gasteiger charge is 2.36. The summed E-state index contributed by atoms with van der Waals surface area (Å²) in [5.74, 6) is -1.77. The Morgan fingerprint density at radius 3 is 2.53 bits per heavy atom. The van der Waals surface area contributed by atoms with Gasteiger partial charge in [0.05, 0.1) is 10.7 Å². The Kier molecular flexibility index (Phi) is 7.38. The van der Waals surface area contributed by atoms with Crippen LogP contribution >= 0.6 is 23.2 Å². The predicted molar refractivity (Wildman–Crippen MR) is 137 cm³/mol. The van der Waals surface area contributed by atoms with E-state index in [9.17, 15) is 19.2 Å². The van der Waals surface area contributed by atoms with Crippen molar-refractivity contribution in [3.63, 3.8) is 0 Å². The zero-order valence-corrected chi connectivity index (χ0v) is 20.4. The molecule has 5 amide bonds. The quantitative estimate of drug-likeness (QED) is 0.350. The van der Waals surface area contributed by atoms with Gasteiger partial charge >= 0.3 is 6.03 Å². The molecule has 36 heavy (non-hydrogen) atoms. The molecule has 1 saturated heterocycles. The third-order valence-electron chi connectivity index (χ3n) is 5.21. The van der Waals surface area contributed by atoms with Crippen LogP contribution < -0.4 is 20.3 Å². The third-order valence-corrected chi connectivity index (χ3v) is 5.74. The van der Waals surface area contributed by atoms with E-state index in [0.717, 1.165) is 10.5 Å². The van der Waals surface area contributed by atoms with Crippen LogP contribution in [0, 0.1) is 6.92 Å². The zero-order chi connectivity index (χ0) is 25.8. The van der Waals surface area contributed by atoms with Crippen LogP contribution in [0.3, 0.4) is 0 Å². The number of carbonyl (C=O) groups excluding carboxylic acids is 4. The van der Waals surface area contributed by atoms with Gasteiger partial charge in [-0.1, -0.05) is 53.5 Å². The number of ether oxygens (including phenoxy) is 1. The number of nitrogens with zero attached hydrogens (tertiary/aromatic N) is 1. The number of benzene rings is 3. The Hall–Kier alpha value is -4.14. The van der Waals surface area contributed by atoms with Crippen molar-refractivity contribution in [3.05, 3.63) is 93.5 Å². The lowest BCUT2D eigenvalue weighted by molar-refractivity contribution is -0.122. The molecule has 8 nitrogen and oxygen atoms in total. The summed E-state index contributed by atoms with van der Waals surface area (Å²) in [5.41, 5.74) is 1.96. The molecule has 2 N–H and O–H groups in total. The fourth-order valence-corrected chi connectivity index (χ4v) is 3.87. The number of barbiturate groups is 1. The molecule has 4 rings (SSSR count). The van der Waals surface area contributed by atoms with Gasteiger partial charge in [0.1, 0.15) is 11.3 Å². The van der Waals surface area contributed by atoms with E-state index in [2.05, 4.69) is 10.6 Å². The Bertz CT molecular complexity index is 1420. The van der Waals surface area contributed by atoms with E-state index in [4.69, 9.17) is 27.9 Å². The SMILES string of the molecule is Cc1ccccc1NC(=O)COc1ccc(/C=C2\C(=O)NC(=O)N(c3cccc(Cl)c3)C2=O)cc1Cl. The van der Waals surface area contributed by atoms with Crippen LogP contribution in [0.5, 0.6) is 5.75 Å². The number of aryl methyl sites for hydroxylation is 1. The van der Waals surface area contributed by atoms with E-state index >= 15 is 0 Å². The van der Waals surface area contributed by atoms with Gasteiger partial charge in [0.25, 0.3) is 17.7 Å². The van der Waals surface area contributed by atoms with E-state index in [1.54, 1.807) is 24.3 Å². The number of halogens is 2. The second-order valence-electron chi connectivity index (χ2n) is 7.78. The molecular weight excluding hydrogens is 505 g/mol. The van der Waals surface area contributed by atoms with Gasteiger partial charge in [0, 0.05) is 10.7 Å². The summed E-state index contributed by atoms with van der Waals surface area (Å²) in [5, 5.41) is 5.40. The molecule has 182 valence electrons. The molecule has 3 aromatic rings. The Labute approximate surface area is 216 Å². The smallest absolute Gasteiger partial charge is 0.335 e. The van der Waals surface area contributed by atoms with Crippen LogP contribution in [0.4, 0.5) is 16.2 Å². The Morgan fingerprint density at radius 1 is 1.03 bits per heavy atom. The number of urea groups is 1. The minimum absolute atomic E-state index is 0.166. The van der Waals surface area contributed by atoms with Crippen molar-refractivity contribution < 1.29 is 23.9 Å². The number of hydrogen-bond donors (Lipinski definition) is 2. The molecule has 1 fully saturated rings. The maximum Gasteiger partial charge on any atom is 0.335 e. The number of anilines is 2. The number of hydrogen-bond acceptors (Lipinski definition) is 5. The highest BCUT2D eigenvalue weighted by atomic mass is 35.5. The number of amides is 5. The van der Waals surface area contributed by atoms with Gasteiger partial charge in [0.2, 0.25) is 0 Å². The van der Waals surface area contributed by atoms with Crippen LogP contribution in [-0.2, 0) is 14.4 Å². The fourth-order valence-electron chi connectivity index (χ4n) is 3.44. The average molecular weight is 524 g/mol. The van der Waals surface area contributed by atoms with Crippen molar-refractivity contribution in [2.75, 3.05) is 16.8 Å². The Morgan fingerprint density at radius 2 is 1.81 bits per heavy atom. The van der Waals surface area contributed by atoms with Crippen LogP contribution in [0.15, 0.2) is 72.3 Å². The van der Waals surface area contributed by atoms with Crippen LogP contribution in [-0.4, -0.2) is 30.4 Å². The molecule has 0 radical (unpaired) electrons.